The zero-order valence-electron chi connectivity index (χ0n) is 19.7. The van der Waals surface area contributed by atoms with Gasteiger partial charge in [-0.25, -0.2) is 4.79 Å². The number of hydrogen-bond donors (Lipinski definition) is 3. The van der Waals surface area contributed by atoms with Crippen LogP contribution in [0.4, 0.5) is 4.79 Å². The second kappa shape index (κ2) is 12.8. The van der Waals surface area contributed by atoms with Crippen molar-refractivity contribution in [3.8, 4) is 11.1 Å². The van der Waals surface area contributed by atoms with Crippen LogP contribution in [-0.2, 0) is 14.3 Å². The molecule has 2 aromatic carbocycles. The van der Waals surface area contributed by atoms with Crippen molar-refractivity contribution in [3.63, 3.8) is 0 Å². The second-order valence-electron chi connectivity index (χ2n) is 8.79. The monoisotopic (exact) mass is 466 g/mol. The van der Waals surface area contributed by atoms with Gasteiger partial charge < -0.3 is 20.5 Å². The van der Waals surface area contributed by atoms with Gasteiger partial charge in [0.25, 0.3) is 0 Å². The molecular formula is C27H34N2O5. The van der Waals surface area contributed by atoms with E-state index in [-0.39, 0.29) is 11.8 Å². The molecule has 182 valence electrons. The van der Waals surface area contributed by atoms with E-state index in [0.29, 0.717) is 32.5 Å². The molecule has 0 saturated carbocycles. The lowest BCUT2D eigenvalue weighted by molar-refractivity contribution is -0.141. The number of alkyl carbamates (subject to hydrolysis) is 1. The molecule has 7 nitrogen and oxygen atoms in total. The summed E-state index contributed by atoms with van der Waals surface area (Å²) in [6, 6.07) is 16.5. The van der Waals surface area contributed by atoms with Gasteiger partial charge >= 0.3 is 12.1 Å². The Morgan fingerprint density at radius 2 is 1.50 bits per heavy atom. The van der Waals surface area contributed by atoms with Crippen LogP contribution in [0.1, 0.15) is 62.5 Å². The number of benzene rings is 2. The maximum atomic E-state index is 12.2. The SMILES string of the molecule is CC(CCNC(=O)CCCCCCNC(=O)OCC1c2ccccc2-c2ccccc21)C(=O)O. The summed E-state index contributed by atoms with van der Waals surface area (Å²) in [6.07, 6.45) is 3.85. The van der Waals surface area contributed by atoms with Crippen molar-refractivity contribution in [2.45, 2.75) is 51.4 Å². The second-order valence-corrected chi connectivity index (χ2v) is 8.79. The van der Waals surface area contributed by atoms with E-state index in [0.717, 1.165) is 25.7 Å². The van der Waals surface area contributed by atoms with Crippen molar-refractivity contribution in [2.24, 2.45) is 5.92 Å². The number of fused-ring (bicyclic) bond motifs is 3. The van der Waals surface area contributed by atoms with Gasteiger partial charge in [0.1, 0.15) is 6.61 Å². The van der Waals surface area contributed by atoms with E-state index in [4.69, 9.17) is 9.84 Å². The highest BCUT2D eigenvalue weighted by Crippen LogP contribution is 2.44. The van der Waals surface area contributed by atoms with Crippen LogP contribution in [0, 0.1) is 5.92 Å². The number of hydrogen-bond acceptors (Lipinski definition) is 4. The largest absolute Gasteiger partial charge is 0.481 e. The Balaban J connectivity index is 1.26. The highest BCUT2D eigenvalue weighted by molar-refractivity contribution is 5.79. The zero-order chi connectivity index (χ0) is 24.3. The van der Waals surface area contributed by atoms with E-state index in [1.54, 1.807) is 6.92 Å². The number of aliphatic carboxylic acids is 1. The fraction of sp³-hybridized carbons (Fsp3) is 0.444. The molecule has 1 aliphatic rings. The van der Waals surface area contributed by atoms with Crippen LogP contribution in [-0.4, -0.2) is 42.8 Å². The number of carboxylic acid groups (broad SMARTS) is 1. The number of ether oxygens (including phenoxy) is 1. The molecule has 0 spiro atoms. The molecule has 3 rings (SSSR count). The Morgan fingerprint density at radius 3 is 2.15 bits per heavy atom. The summed E-state index contributed by atoms with van der Waals surface area (Å²) in [5.41, 5.74) is 4.79. The fourth-order valence-electron chi connectivity index (χ4n) is 4.24. The van der Waals surface area contributed by atoms with Crippen LogP contribution in [0.25, 0.3) is 11.1 Å². The van der Waals surface area contributed by atoms with E-state index in [1.807, 2.05) is 24.3 Å². The topological polar surface area (TPSA) is 105 Å². The van der Waals surface area contributed by atoms with Gasteiger partial charge in [0, 0.05) is 25.4 Å². The van der Waals surface area contributed by atoms with E-state index >= 15 is 0 Å². The lowest BCUT2D eigenvalue weighted by Gasteiger charge is -2.14. The molecule has 7 heteroatoms. The molecule has 0 fully saturated rings. The first kappa shape index (κ1) is 25.3. The predicted molar refractivity (Wildman–Crippen MR) is 131 cm³/mol. The molecule has 0 heterocycles. The first-order valence-corrected chi connectivity index (χ1v) is 12.1. The first-order valence-electron chi connectivity index (χ1n) is 12.1. The molecule has 0 aliphatic heterocycles. The van der Waals surface area contributed by atoms with Crippen LogP contribution >= 0.6 is 0 Å². The minimum atomic E-state index is -0.846. The molecule has 1 atom stereocenters. The third-order valence-corrected chi connectivity index (χ3v) is 6.26. The number of carbonyl (C=O) groups is 3. The van der Waals surface area contributed by atoms with Crippen molar-refractivity contribution in [1.29, 1.82) is 0 Å². The maximum absolute atomic E-state index is 12.2. The van der Waals surface area contributed by atoms with E-state index in [9.17, 15) is 14.4 Å². The third kappa shape index (κ3) is 7.07. The molecule has 3 N–H and O–H groups in total. The van der Waals surface area contributed by atoms with Crippen LogP contribution < -0.4 is 10.6 Å². The average molecular weight is 467 g/mol. The Bertz CT molecular complexity index is 945. The van der Waals surface area contributed by atoms with Crippen molar-refractivity contribution < 1.29 is 24.2 Å². The average Bonchev–Trinajstić information content (AvgIpc) is 3.15. The molecule has 0 bridgehead atoms. The van der Waals surface area contributed by atoms with Crippen molar-refractivity contribution in [2.75, 3.05) is 19.7 Å². The summed E-state index contributed by atoms with van der Waals surface area (Å²) in [6.45, 7) is 2.86. The number of carboxylic acids is 1. The molecule has 2 aromatic rings. The summed E-state index contributed by atoms with van der Waals surface area (Å²) in [5.74, 6) is -1.30. The lowest BCUT2D eigenvalue weighted by Crippen LogP contribution is -2.27. The summed E-state index contributed by atoms with van der Waals surface area (Å²) in [4.78, 5) is 34.7. The Morgan fingerprint density at radius 1 is 0.882 bits per heavy atom. The molecule has 1 aliphatic carbocycles. The van der Waals surface area contributed by atoms with E-state index in [2.05, 4.69) is 34.9 Å². The fourth-order valence-corrected chi connectivity index (χ4v) is 4.24. The van der Waals surface area contributed by atoms with Gasteiger partial charge in [0.05, 0.1) is 5.92 Å². The molecule has 0 saturated heterocycles. The summed E-state index contributed by atoms with van der Waals surface area (Å²) < 4.78 is 5.53. The maximum Gasteiger partial charge on any atom is 0.407 e. The van der Waals surface area contributed by atoms with Crippen LogP contribution in [0.3, 0.4) is 0 Å². The number of amides is 2. The quantitative estimate of drug-likeness (QED) is 0.371. The van der Waals surface area contributed by atoms with Gasteiger partial charge in [-0.2, -0.15) is 0 Å². The predicted octanol–water partition coefficient (Wildman–Crippen LogP) is 4.70. The third-order valence-electron chi connectivity index (χ3n) is 6.26. The van der Waals surface area contributed by atoms with Gasteiger partial charge in [-0.15, -0.1) is 0 Å². The highest BCUT2D eigenvalue weighted by Gasteiger charge is 2.28. The lowest BCUT2D eigenvalue weighted by atomic mass is 9.98. The number of carbonyl (C=O) groups excluding carboxylic acids is 2. The minimum absolute atomic E-state index is 0.0469. The van der Waals surface area contributed by atoms with Crippen molar-refractivity contribution in [3.05, 3.63) is 59.7 Å². The molecular weight excluding hydrogens is 432 g/mol. The van der Waals surface area contributed by atoms with Gasteiger partial charge in [0.2, 0.25) is 5.91 Å². The van der Waals surface area contributed by atoms with Gasteiger partial charge in [0.15, 0.2) is 0 Å². The number of nitrogens with one attached hydrogen (secondary N) is 2. The molecule has 34 heavy (non-hydrogen) atoms. The number of unbranched alkanes of at least 4 members (excludes halogenated alkanes) is 3. The minimum Gasteiger partial charge on any atom is -0.481 e. The smallest absolute Gasteiger partial charge is 0.407 e. The van der Waals surface area contributed by atoms with Crippen LogP contribution in [0.15, 0.2) is 48.5 Å². The van der Waals surface area contributed by atoms with Gasteiger partial charge in [-0.1, -0.05) is 68.3 Å². The normalized spacial score (nSPS) is 13.0. The standard InChI is InChI=1S/C27H34N2O5/c1-19(26(31)32)15-17-28-25(30)14-4-2-3-9-16-29-27(33)34-18-24-22-12-7-5-10-20(22)21-11-6-8-13-23(21)24/h5-8,10-13,19,24H,2-4,9,14-18H2,1H3,(H,28,30)(H,29,33)(H,31,32). The zero-order valence-corrected chi connectivity index (χ0v) is 19.7. The van der Waals surface area contributed by atoms with Crippen molar-refractivity contribution >= 4 is 18.0 Å². The summed E-state index contributed by atoms with van der Waals surface area (Å²) >= 11 is 0. The van der Waals surface area contributed by atoms with Crippen LogP contribution in [0.5, 0.6) is 0 Å². The molecule has 1 unspecified atom stereocenters. The summed E-state index contributed by atoms with van der Waals surface area (Å²) in [7, 11) is 0. The van der Waals surface area contributed by atoms with E-state index in [1.165, 1.54) is 22.3 Å². The van der Waals surface area contributed by atoms with Crippen molar-refractivity contribution in [1.82, 2.24) is 10.6 Å². The van der Waals surface area contributed by atoms with Gasteiger partial charge in [-0.05, 0) is 41.5 Å². The Labute approximate surface area is 200 Å². The summed E-state index contributed by atoms with van der Waals surface area (Å²) in [5, 5.41) is 14.4. The highest BCUT2D eigenvalue weighted by atomic mass is 16.5. The Kier molecular flexibility index (Phi) is 9.50. The van der Waals surface area contributed by atoms with Crippen LogP contribution in [0.2, 0.25) is 0 Å². The first-order chi connectivity index (χ1) is 16.5. The molecule has 0 aromatic heterocycles. The van der Waals surface area contributed by atoms with Gasteiger partial charge in [-0.3, -0.25) is 9.59 Å². The molecule has 0 radical (unpaired) electrons. The molecule has 2 amide bonds. The van der Waals surface area contributed by atoms with E-state index < -0.39 is 18.0 Å². The number of rotatable bonds is 13. The Hall–Kier alpha value is -3.35.